The van der Waals surface area contributed by atoms with E-state index >= 15 is 0 Å². The topological polar surface area (TPSA) is 81.8 Å². The van der Waals surface area contributed by atoms with Crippen molar-refractivity contribution in [3.05, 3.63) is 22.7 Å². The summed E-state index contributed by atoms with van der Waals surface area (Å²) in [5.41, 5.74) is 6.04. The quantitative estimate of drug-likeness (QED) is 0.844. The van der Waals surface area contributed by atoms with E-state index in [1.165, 1.54) is 7.11 Å². The van der Waals surface area contributed by atoms with Crippen LogP contribution in [-0.4, -0.2) is 30.8 Å². The molecule has 0 aromatic heterocycles. The van der Waals surface area contributed by atoms with Gasteiger partial charge in [-0.25, -0.2) is 0 Å². The van der Waals surface area contributed by atoms with Crippen molar-refractivity contribution in [2.75, 3.05) is 13.7 Å². The van der Waals surface area contributed by atoms with E-state index in [0.29, 0.717) is 22.1 Å². The highest BCUT2D eigenvalue weighted by Crippen LogP contribution is 2.40. The fourth-order valence-corrected chi connectivity index (χ4v) is 2.87. The number of rotatable bonds is 6. The smallest absolute Gasteiger partial charge is 0.312 e. The predicted molar refractivity (Wildman–Crippen MR) is 80.3 cm³/mol. The Kier molecular flexibility index (Phi) is 5.31. The van der Waals surface area contributed by atoms with Gasteiger partial charge >= 0.3 is 5.97 Å². The number of carboxylic acids is 1. The molecule has 0 radical (unpaired) electrons. The Morgan fingerprint density at radius 3 is 2.67 bits per heavy atom. The lowest BCUT2D eigenvalue weighted by atomic mass is 9.99. The number of hydrogen-bond acceptors (Lipinski definition) is 4. The second-order valence-corrected chi connectivity index (χ2v) is 5.59. The lowest BCUT2D eigenvalue weighted by Crippen LogP contribution is -2.21. The molecule has 1 aliphatic carbocycles. The van der Waals surface area contributed by atoms with Crippen LogP contribution in [0.25, 0.3) is 0 Å². The summed E-state index contributed by atoms with van der Waals surface area (Å²) >= 11 is 6.26. The highest BCUT2D eigenvalue weighted by Gasteiger charge is 2.24. The zero-order valence-corrected chi connectivity index (χ0v) is 12.7. The molecule has 116 valence electrons. The maximum atomic E-state index is 11.2. The van der Waals surface area contributed by atoms with E-state index in [1.807, 2.05) is 0 Å². The highest BCUT2D eigenvalue weighted by molar-refractivity contribution is 6.32. The van der Waals surface area contributed by atoms with E-state index in [-0.39, 0.29) is 12.6 Å². The minimum atomic E-state index is -0.986. The van der Waals surface area contributed by atoms with Crippen LogP contribution in [0, 0.1) is 0 Å². The maximum Gasteiger partial charge on any atom is 0.312 e. The zero-order valence-electron chi connectivity index (χ0n) is 12.0. The van der Waals surface area contributed by atoms with Crippen molar-refractivity contribution in [2.24, 2.45) is 5.73 Å². The molecule has 5 nitrogen and oxygen atoms in total. The van der Waals surface area contributed by atoms with Crippen molar-refractivity contribution >= 4 is 17.6 Å². The molecule has 1 aromatic carbocycles. The third-order valence-electron chi connectivity index (χ3n) is 3.77. The van der Waals surface area contributed by atoms with Crippen LogP contribution < -0.4 is 15.2 Å². The minimum Gasteiger partial charge on any atom is -0.493 e. The highest BCUT2D eigenvalue weighted by atomic mass is 35.5. The molecule has 1 aliphatic rings. The Hall–Kier alpha value is -1.46. The SMILES string of the molecule is COc1cc(C(CN)C(=O)O)cc(Cl)c1OC1CCCC1. The van der Waals surface area contributed by atoms with E-state index in [0.717, 1.165) is 25.7 Å². The molecular weight excluding hydrogens is 294 g/mol. The van der Waals surface area contributed by atoms with Crippen LogP contribution in [0.1, 0.15) is 37.2 Å². The summed E-state index contributed by atoms with van der Waals surface area (Å²) in [5, 5.41) is 9.54. The Bertz CT molecular complexity index is 515. The van der Waals surface area contributed by atoms with E-state index in [1.54, 1.807) is 12.1 Å². The molecule has 1 saturated carbocycles. The normalized spacial score (nSPS) is 16.7. The molecule has 3 N–H and O–H groups in total. The van der Waals surface area contributed by atoms with Gasteiger partial charge in [0.2, 0.25) is 0 Å². The van der Waals surface area contributed by atoms with Gasteiger partial charge in [0, 0.05) is 6.54 Å². The molecule has 21 heavy (non-hydrogen) atoms. The zero-order chi connectivity index (χ0) is 15.4. The number of hydrogen-bond donors (Lipinski definition) is 2. The van der Waals surface area contributed by atoms with Gasteiger partial charge in [-0.1, -0.05) is 11.6 Å². The van der Waals surface area contributed by atoms with E-state index < -0.39 is 11.9 Å². The average Bonchev–Trinajstić information content (AvgIpc) is 2.94. The Morgan fingerprint density at radius 2 is 2.14 bits per heavy atom. The lowest BCUT2D eigenvalue weighted by molar-refractivity contribution is -0.138. The first kappa shape index (κ1) is 15.9. The first-order valence-corrected chi connectivity index (χ1v) is 7.41. The second-order valence-electron chi connectivity index (χ2n) is 5.18. The number of aliphatic carboxylic acids is 1. The van der Waals surface area contributed by atoms with Crippen LogP contribution >= 0.6 is 11.6 Å². The summed E-state index contributed by atoms with van der Waals surface area (Å²) in [6, 6.07) is 3.24. The lowest BCUT2D eigenvalue weighted by Gasteiger charge is -2.19. The van der Waals surface area contributed by atoms with E-state index in [4.69, 9.17) is 26.8 Å². The molecule has 1 fully saturated rings. The number of carboxylic acid groups (broad SMARTS) is 1. The van der Waals surface area contributed by atoms with Crippen LogP contribution in [0.2, 0.25) is 5.02 Å². The molecule has 0 heterocycles. The van der Waals surface area contributed by atoms with Crippen LogP contribution in [0.4, 0.5) is 0 Å². The molecule has 0 saturated heterocycles. The van der Waals surface area contributed by atoms with Crippen molar-refractivity contribution in [1.82, 2.24) is 0 Å². The first-order chi connectivity index (χ1) is 10.1. The first-order valence-electron chi connectivity index (χ1n) is 7.03. The number of benzene rings is 1. The predicted octanol–water partition coefficient (Wildman–Crippen LogP) is 2.80. The van der Waals surface area contributed by atoms with Gasteiger partial charge < -0.3 is 20.3 Å². The third kappa shape index (κ3) is 3.60. The molecule has 1 aromatic rings. The molecule has 2 rings (SSSR count). The fraction of sp³-hybridized carbons (Fsp3) is 0.533. The van der Waals surface area contributed by atoms with Gasteiger partial charge in [0.15, 0.2) is 11.5 Å². The molecule has 0 amide bonds. The Morgan fingerprint density at radius 1 is 1.48 bits per heavy atom. The van der Waals surface area contributed by atoms with Crippen molar-refractivity contribution < 1.29 is 19.4 Å². The van der Waals surface area contributed by atoms with Gasteiger partial charge in [-0.3, -0.25) is 4.79 Å². The number of methoxy groups -OCH3 is 1. The average molecular weight is 314 g/mol. The summed E-state index contributed by atoms with van der Waals surface area (Å²) in [7, 11) is 1.51. The Labute approximate surface area is 129 Å². The van der Waals surface area contributed by atoms with Gasteiger partial charge in [-0.2, -0.15) is 0 Å². The number of nitrogens with two attached hydrogens (primary N) is 1. The molecule has 1 unspecified atom stereocenters. The third-order valence-corrected chi connectivity index (χ3v) is 4.06. The maximum absolute atomic E-state index is 11.2. The Balaban J connectivity index is 2.32. The van der Waals surface area contributed by atoms with Crippen LogP contribution in [0.3, 0.4) is 0 Å². The van der Waals surface area contributed by atoms with Crippen molar-refractivity contribution in [1.29, 1.82) is 0 Å². The van der Waals surface area contributed by atoms with Crippen molar-refractivity contribution in [3.63, 3.8) is 0 Å². The van der Waals surface area contributed by atoms with Gasteiger partial charge in [-0.15, -0.1) is 0 Å². The molecular formula is C15H20ClNO4. The molecule has 0 aliphatic heterocycles. The monoisotopic (exact) mass is 313 g/mol. The number of halogens is 1. The summed E-state index contributed by atoms with van der Waals surface area (Å²) in [6.07, 6.45) is 4.45. The molecule has 1 atom stereocenters. The summed E-state index contributed by atoms with van der Waals surface area (Å²) in [4.78, 5) is 11.2. The van der Waals surface area contributed by atoms with Gasteiger partial charge in [0.05, 0.1) is 24.2 Å². The van der Waals surface area contributed by atoms with E-state index in [2.05, 4.69) is 0 Å². The van der Waals surface area contributed by atoms with Crippen LogP contribution in [0.15, 0.2) is 12.1 Å². The summed E-state index contributed by atoms with van der Waals surface area (Å²) in [5.74, 6) is -0.864. The number of ether oxygens (including phenoxy) is 2. The van der Waals surface area contributed by atoms with Crippen LogP contribution in [-0.2, 0) is 4.79 Å². The largest absolute Gasteiger partial charge is 0.493 e. The van der Waals surface area contributed by atoms with Crippen LogP contribution in [0.5, 0.6) is 11.5 Å². The summed E-state index contributed by atoms with van der Waals surface area (Å²) < 4.78 is 11.2. The van der Waals surface area contributed by atoms with Gasteiger partial charge in [0.25, 0.3) is 0 Å². The van der Waals surface area contributed by atoms with E-state index in [9.17, 15) is 9.90 Å². The van der Waals surface area contributed by atoms with Gasteiger partial charge in [-0.05, 0) is 43.4 Å². The standard InChI is InChI=1S/C15H20ClNO4/c1-20-13-7-9(11(8-17)15(18)19)6-12(16)14(13)21-10-4-2-3-5-10/h6-7,10-11H,2-5,8,17H2,1H3,(H,18,19). The minimum absolute atomic E-state index is 0.00234. The second kappa shape index (κ2) is 7.00. The van der Waals surface area contributed by atoms with Crippen molar-refractivity contribution in [2.45, 2.75) is 37.7 Å². The van der Waals surface area contributed by atoms with Crippen molar-refractivity contribution in [3.8, 4) is 11.5 Å². The number of carbonyl (C=O) groups is 1. The molecule has 0 bridgehead atoms. The fourth-order valence-electron chi connectivity index (χ4n) is 2.61. The van der Waals surface area contributed by atoms with Gasteiger partial charge in [0.1, 0.15) is 0 Å². The molecule has 0 spiro atoms. The molecule has 6 heteroatoms. The summed E-state index contributed by atoms with van der Waals surface area (Å²) in [6.45, 7) is -0.00234.